The number of rotatable bonds is 6. The number of piperazine rings is 1. The van der Waals surface area contributed by atoms with E-state index in [4.69, 9.17) is 10.5 Å². The molecule has 0 spiro atoms. The maximum Gasteiger partial charge on any atom is 0.123 e. The van der Waals surface area contributed by atoms with Gasteiger partial charge in [-0.15, -0.1) is 0 Å². The molecular weight excluding hydrogens is 262 g/mol. The Morgan fingerprint density at radius 3 is 2.48 bits per heavy atom. The van der Waals surface area contributed by atoms with E-state index in [1.165, 1.54) is 18.5 Å². The van der Waals surface area contributed by atoms with E-state index in [1.807, 2.05) is 6.07 Å². The lowest BCUT2D eigenvalue weighted by atomic mass is 10.0. The first kappa shape index (κ1) is 16.3. The van der Waals surface area contributed by atoms with Gasteiger partial charge >= 0.3 is 0 Å². The van der Waals surface area contributed by atoms with Crippen molar-refractivity contribution in [1.82, 2.24) is 9.80 Å². The third-order valence-corrected chi connectivity index (χ3v) is 4.24. The normalized spacial score (nSPS) is 18.7. The van der Waals surface area contributed by atoms with Crippen LogP contribution in [0.15, 0.2) is 18.2 Å². The molecule has 21 heavy (non-hydrogen) atoms. The van der Waals surface area contributed by atoms with Gasteiger partial charge in [0.1, 0.15) is 5.75 Å². The molecule has 1 aromatic carbocycles. The Hall–Kier alpha value is -1.10. The van der Waals surface area contributed by atoms with Gasteiger partial charge in [-0.1, -0.05) is 24.6 Å². The minimum absolute atomic E-state index is 0.0116. The topological polar surface area (TPSA) is 41.7 Å². The SMILES string of the molecule is CCCN1CCN(CC(N)c2cc(C)ccc2OC)CC1. The molecule has 0 aliphatic carbocycles. The van der Waals surface area contributed by atoms with Crippen LogP contribution < -0.4 is 10.5 Å². The summed E-state index contributed by atoms with van der Waals surface area (Å²) in [6.07, 6.45) is 1.24. The molecule has 1 saturated heterocycles. The van der Waals surface area contributed by atoms with E-state index >= 15 is 0 Å². The van der Waals surface area contributed by atoms with Crippen molar-refractivity contribution in [3.8, 4) is 5.75 Å². The number of hydrogen-bond acceptors (Lipinski definition) is 4. The second-order valence-corrected chi connectivity index (χ2v) is 5.99. The maximum atomic E-state index is 6.43. The van der Waals surface area contributed by atoms with Gasteiger partial charge in [-0.3, -0.25) is 4.90 Å². The predicted molar refractivity (Wildman–Crippen MR) is 87.8 cm³/mol. The highest BCUT2D eigenvalue weighted by Crippen LogP contribution is 2.25. The Labute approximate surface area is 128 Å². The van der Waals surface area contributed by atoms with Gasteiger partial charge in [-0.2, -0.15) is 0 Å². The van der Waals surface area contributed by atoms with Crippen molar-refractivity contribution in [1.29, 1.82) is 0 Å². The summed E-state index contributed by atoms with van der Waals surface area (Å²) in [5, 5.41) is 0. The minimum atomic E-state index is 0.0116. The standard InChI is InChI=1S/C17H29N3O/c1-4-7-19-8-10-20(11-9-19)13-16(18)15-12-14(2)5-6-17(15)21-3/h5-6,12,16H,4,7-11,13,18H2,1-3H3. The van der Waals surface area contributed by atoms with Gasteiger partial charge < -0.3 is 15.4 Å². The highest BCUT2D eigenvalue weighted by molar-refractivity contribution is 5.39. The van der Waals surface area contributed by atoms with Gasteiger partial charge in [0.05, 0.1) is 7.11 Å². The fraction of sp³-hybridized carbons (Fsp3) is 0.647. The van der Waals surface area contributed by atoms with Crippen LogP contribution in [0.5, 0.6) is 5.75 Å². The van der Waals surface area contributed by atoms with Gasteiger partial charge in [0, 0.05) is 44.3 Å². The molecule has 0 amide bonds. The quantitative estimate of drug-likeness (QED) is 0.871. The molecule has 2 N–H and O–H groups in total. The molecule has 4 heteroatoms. The lowest BCUT2D eigenvalue weighted by Gasteiger charge is -2.35. The fourth-order valence-electron chi connectivity index (χ4n) is 3.03. The van der Waals surface area contributed by atoms with Gasteiger partial charge in [0.25, 0.3) is 0 Å². The molecule has 1 unspecified atom stereocenters. The van der Waals surface area contributed by atoms with Crippen LogP contribution in [0.2, 0.25) is 0 Å². The monoisotopic (exact) mass is 291 g/mol. The van der Waals surface area contributed by atoms with Crippen LogP contribution in [0.4, 0.5) is 0 Å². The van der Waals surface area contributed by atoms with Crippen LogP contribution in [-0.2, 0) is 0 Å². The Morgan fingerprint density at radius 1 is 1.19 bits per heavy atom. The highest BCUT2D eigenvalue weighted by atomic mass is 16.5. The second kappa shape index (κ2) is 7.78. The first-order valence-corrected chi connectivity index (χ1v) is 7.99. The summed E-state index contributed by atoms with van der Waals surface area (Å²) < 4.78 is 5.45. The van der Waals surface area contributed by atoms with Crippen molar-refractivity contribution in [2.24, 2.45) is 5.73 Å². The number of aryl methyl sites for hydroxylation is 1. The molecule has 0 radical (unpaired) electrons. The summed E-state index contributed by atoms with van der Waals surface area (Å²) in [6.45, 7) is 11.0. The first-order chi connectivity index (χ1) is 10.1. The minimum Gasteiger partial charge on any atom is -0.496 e. The van der Waals surface area contributed by atoms with E-state index in [2.05, 4.69) is 35.8 Å². The van der Waals surface area contributed by atoms with Crippen LogP contribution in [0.25, 0.3) is 0 Å². The lowest BCUT2D eigenvalue weighted by molar-refractivity contribution is 0.127. The zero-order valence-electron chi connectivity index (χ0n) is 13.6. The molecule has 1 aliphatic rings. The van der Waals surface area contributed by atoms with E-state index in [1.54, 1.807) is 7.11 Å². The van der Waals surface area contributed by atoms with Gasteiger partial charge in [0.2, 0.25) is 0 Å². The number of nitrogens with two attached hydrogens (primary N) is 1. The van der Waals surface area contributed by atoms with Crippen LogP contribution in [0.3, 0.4) is 0 Å². The lowest BCUT2D eigenvalue weighted by Crippen LogP contribution is -2.48. The van der Waals surface area contributed by atoms with Crippen molar-refractivity contribution in [3.63, 3.8) is 0 Å². The molecule has 4 nitrogen and oxygen atoms in total. The molecular formula is C17H29N3O. The van der Waals surface area contributed by atoms with Crippen LogP contribution in [0, 0.1) is 6.92 Å². The van der Waals surface area contributed by atoms with Crippen molar-refractivity contribution in [2.45, 2.75) is 26.3 Å². The third-order valence-electron chi connectivity index (χ3n) is 4.24. The molecule has 1 atom stereocenters. The summed E-state index contributed by atoms with van der Waals surface area (Å²) in [5.74, 6) is 0.901. The zero-order valence-corrected chi connectivity index (χ0v) is 13.6. The predicted octanol–water partition coefficient (Wildman–Crippen LogP) is 2.03. The fourth-order valence-corrected chi connectivity index (χ4v) is 3.03. The average molecular weight is 291 g/mol. The Kier molecular flexibility index (Phi) is 6.03. The van der Waals surface area contributed by atoms with Gasteiger partial charge in [-0.05, 0) is 26.0 Å². The van der Waals surface area contributed by atoms with Crippen molar-refractivity contribution < 1.29 is 4.74 Å². The average Bonchev–Trinajstić information content (AvgIpc) is 2.49. The molecule has 0 aromatic heterocycles. The number of methoxy groups -OCH3 is 1. The second-order valence-electron chi connectivity index (χ2n) is 5.99. The van der Waals surface area contributed by atoms with E-state index in [9.17, 15) is 0 Å². The molecule has 0 saturated carbocycles. The first-order valence-electron chi connectivity index (χ1n) is 7.99. The van der Waals surface area contributed by atoms with Gasteiger partial charge in [0.15, 0.2) is 0 Å². The van der Waals surface area contributed by atoms with Crippen molar-refractivity contribution >= 4 is 0 Å². The molecule has 118 valence electrons. The maximum absolute atomic E-state index is 6.43. The molecule has 0 bridgehead atoms. The Bertz CT molecular complexity index is 442. The van der Waals surface area contributed by atoms with Crippen molar-refractivity contribution in [3.05, 3.63) is 29.3 Å². The van der Waals surface area contributed by atoms with E-state index < -0.39 is 0 Å². The summed E-state index contributed by atoms with van der Waals surface area (Å²) in [7, 11) is 1.71. The number of hydrogen-bond donors (Lipinski definition) is 1. The van der Waals surface area contributed by atoms with Crippen molar-refractivity contribution in [2.75, 3.05) is 46.4 Å². The van der Waals surface area contributed by atoms with Gasteiger partial charge in [-0.25, -0.2) is 0 Å². The summed E-state index contributed by atoms with van der Waals surface area (Å²) in [4.78, 5) is 5.01. The van der Waals surface area contributed by atoms with Crippen LogP contribution in [0.1, 0.15) is 30.5 Å². The highest BCUT2D eigenvalue weighted by Gasteiger charge is 2.20. The molecule has 1 aliphatic heterocycles. The van der Waals surface area contributed by atoms with Crippen LogP contribution >= 0.6 is 0 Å². The summed E-state index contributed by atoms with van der Waals surface area (Å²) in [5.41, 5.74) is 8.78. The molecule has 1 aromatic rings. The molecule has 1 heterocycles. The van der Waals surface area contributed by atoms with E-state index in [0.29, 0.717) is 0 Å². The van der Waals surface area contributed by atoms with E-state index in [-0.39, 0.29) is 6.04 Å². The Balaban J connectivity index is 1.93. The Morgan fingerprint density at radius 2 is 1.86 bits per heavy atom. The number of benzene rings is 1. The zero-order chi connectivity index (χ0) is 15.2. The number of ether oxygens (including phenoxy) is 1. The molecule has 2 rings (SSSR count). The molecule has 1 fully saturated rings. The summed E-state index contributed by atoms with van der Waals surface area (Å²) >= 11 is 0. The summed E-state index contributed by atoms with van der Waals surface area (Å²) in [6, 6.07) is 6.25. The van der Waals surface area contributed by atoms with E-state index in [0.717, 1.165) is 44.0 Å². The third kappa shape index (κ3) is 4.43. The largest absolute Gasteiger partial charge is 0.496 e. The number of nitrogens with zero attached hydrogens (tertiary/aromatic N) is 2. The van der Waals surface area contributed by atoms with Crippen LogP contribution in [-0.4, -0.2) is 56.2 Å². The smallest absolute Gasteiger partial charge is 0.123 e.